The zero-order valence-corrected chi connectivity index (χ0v) is 10.1. The van der Waals surface area contributed by atoms with Crippen molar-refractivity contribution < 1.29 is 4.74 Å². The van der Waals surface area contributed by atoms with Gasteiger partial charge in [0, 0.05) is 18.9 Å². The molecule has 0 bridgehead atoms. The first-order valence-corrected chi connectivity index (χ1v) is 5.55. The average Bonchev–Trinajstić information content (AvgIpc) is 2.85. The van der Waals surface area contributed by atoms with Crippen molar-refractivity contribution >= 4 is 0 Å². The van der Waals surface area contributed by atoms with Crippen LogP contribution in [0, 0.1) is 11.3 Å². The van der Waals surface area contributed by atoms with Gasteiger partial charge in [-0.3, -0.25) is 0 Å². The Morgan fingerprint density at radius 2 is 2.33 bits per heavy atom. The van der Waals surface area contributed by atoms with Crippen LogP contribution in [0.5, 0.6) is 5.75 Å². The topological polar surface area (TPSA) is 76.9 Å². The third-order valence-electron chi connectivity index (χ3n) is 2.72. The van der Waals surface area contributed by atoms with Crippen molar-refractivity contribution in [2.75, 3.05) is 7.11 Å². The number of hydrogen-bond donors (Lipinski definition) is 1. The van der Waals surface area contributed by atoms with Crippen molar-refractivity contribution in [1.82, 2.24) is 9.55 Å². The van der Waals surface area contributed by atoms with E-state index in [1.807, 2.05) is 22.9 Å². The number of hydrogen-bond acceptors (Lipinski definition) is 4. The van der Waals surface area contributed by atoms with E-state index < -0.39 is 0 Å². The van der Waals surface area contributed by atoms with E-state index in [-0.39, 0.29) is 0 Å². The van der Waals surface area contributed by atoms with Crippen LogP contribution in [0.4, 0.5) is 0 Å². The van der Waals surface area contributed by atoms with Crippen molar-refractivity contribution in [1.29, 1.82) is 5.26 Å². The van der Waals surface area contributed by atoms with Crippen LogP contribution < -0.4 is 10.5 Å². The molecule has 0 unspecified atom stereocenters. The van der Waals surface area contributed by atoms with Gasteiger partial charge < -0.3 is 15.0 Å². The summed E-state index contributed by atoms with van der Waals surface area (Å²) in [5.74, 6) is 1.42. The van der Waals surface area contributed by atoms with Gasteiger partial charge in [-0.25, -0.2) is 4.98 Å². The highest BCUT2D eigenvalue weighted by molar-refractivity contribution is 5.45. The molecule has 1 aromatic carbocycles. The first-order chi connectivity index (χ1) is 8.78. The van der Waals surface area contributed by atoms with Crippen LogP contribution in [0.2, 0.25) is 0 Å². The van der Waals surface area contributed by atoms with E-state index in [0.29, 0.717) is 24.4 Å². The molecule has 0 spiro atoms. The molecule has 1 heterocycles. The average molecular weight is 242 g/mol. The number of nitrogens with zero attached hydrogens (tertiary/aromatic N) is 3. The summed E-state index contributed by atoms with van der Waals surface area (Å²) in [7, 11) is 1.56. The molecule has 5 nitrogen and oxygen atoms in total. The Balaban J connectivity index is 2.28. The molecule has 5 heteroatoms. The predicted octanol–water partition coefficient (Wildman–Crippen LogP) is 1.27. The van der Waals surface area contributed by atoms with Gasteiger partial charge in [-0.2, -0.15) is 5.26 Å². The summed E-state index contributed by atoms with van der Waals surface area (Å²) >= 11 is 0. The quantitative estimate of drug-likeness (QED) is 0.875. The fourth-order valence-corrected chi connectivity index (χ4v) is 1.80. The number of methoxy groups -OCH3 is 1. The van der Waals surface area contributed by atoms with Crippen LogP contribution in [0.15, 0.2) is 30.6 Å². The molecule has 2 rings (SSSR count). The first-order valence-electron chi connectivity index (χ1n) is 5.55. The van der Waals surface area contributed by atoms with Crippen LogP contribution in [0.3, 0.4) is 0 Å². The molecular formula is C13H14N4O. The normalized spacial score (nSPS) is 10.1. The zero-order valence-electron chi connectivity index (χ0n) is 10.1. The molecule has 0 fully saturated rings. The van der Waals surface area contributed by atoms with E-state index >= 15 is 0 Å². The summed E-state index contributed by atoms with van der Waals surface area (Å²) in [5.41, 5.74) is 7.17. The number of nitriles is 1. The molecule has 0 saturated carbocycles. The van der Waals surface area contributed by atoms with E-state index in [0.717, 1.165) is 11.4 Å². The Kier molecular flexibility index (Phi) is 3.60. The Morgan fingerprint density at radius 3 is 3.00 bits per heavy atom. The van der Waals surface area contributed by atoms with Crippen molar-refractivity contribution in [3.8, 4) is 11.8 Å². The number of benzene rings is 1. The number of imidazole rings is 1. The SMILES string of the molecule is COc1cc(Cn2ccnc2CN)ccc1C#N. The maximum absolute atomic E-state index is 8.92. The maximum Gasteiger partial charge on any atom is 0.136 e. The summed E-state index contributed by atoms with van der Waals surface area (Å²) in [4.78, 5) is 4.16. The van der Waals surface area contributed by atoms with Crippen molar-refractivity contribution in [3.05, 3.63) is 47.5 Å². The minimum Gasteiger partial charge on any atom is -0.495 e. The summed E-state index contributed by atoms with van der Waals surface area (Å²) in [5, 5.41) is 8.92. The molecule has 0 aliphatic heterocycles. The van der Waals surface area contributed by atoms with Crippen LogP contribution in [-0.2, 0) is 13.1 Å². The Labute approximate surface area is 105 Å². The van der Waals surface area contributed by atoms with E-state index in [4.69, 9.17) is 15.7 Å². The van der Waals surface area contributed by atoms with E-state index in [2.05, 4.69) is 11.1 Å². The fraction of sp³-hybridized carbons (Fsp3) is 0.231. The van der Waals surface area contributed by atoms with Crippen LogP contribution in [0.25, 0.3) is 0 Å². The van der Waals surface area contributed by atoms with Gasteiger partial charge in [-0.15, -0.1) is 0 Å². The lowest BCUT2D eigenvalue weighted by Gasteiger charge is -2.09. The van der Waals surface area contributed by atoms with Crippen LogP contribution in [0.1, 0.15) is 17.0 Å². The second-order valence-corrected chi connectivity index (χ2v) is 3.82. The van der Waals surface area contributed by atoms with Crippen LogP contribution in [-0.4, -0.2) is 16.7 Å². The molecular weight excluding hydrogens is 228 g/mol. The van der Waals surface area contributed by atoms with Gasteiger partial charge in [0.25, 0.3) is 0 Å². The summed E-state index contributed by atoms with van der Waals surface area (Å²) < 4.78 is 7.15. The number of nitrogens with two attached hydrogens (primary N) is 1. The van der Waals surface area contributed by atoms with E-state index in [9.17, 15) is 0 Å². The third-order valence-corrected chi connectivity index (χ3v) is 2.72. The van der Waals surface area contributed by atoms with Crippen molar-refractivity contribution in [2.45, 2.75) is 13.1 Å². The van der Waals surface area contributed by atoms with Gasteiger partial charge in [-0.1, -0.05) is 6.07 Å². The summed E-state index contributed by atoms with van der Waals surface area (Å²) in [6.45, 7) is 1.06. The molecule has 18 heavy (non-hydrogen) atoms. The summed E-state index contributed by atoms with van der Waals surface area (Å²) in [6, 6.07) is 7.61. The van der Waals surface area contributed by atoms with Gasteiger partial charge in [0.2, 0.25) is 0 Å². The predicted molar refractivity (Wildman–Crippen MR) is 66.9 cm³/mol. The highest BCUT2D eigenvalue weighted by atomic mass is 16.5. The van der Waals surface area contributed by atoms with Gasteiger partial charge in [0.1, 0.15) is 17.6 Å². The number of aromatic nitrogens is 2. The van der Waals surface area contributed by atoms with Crippen molar-refractivity contribution in [2.24, 2.45) is 5.73 Å². The fourth-order valence-electron chi connectivity index (χ4n) is 1.80. The minimum absolute atomic E-state index is 0.403. The molecule has 1 aromatic heterocycles. The summed E-state index contributed by atoms with van der Waals surface area (Å²) in [6.07, 6.45) is 3.61. The Morgan fingerprint density at radius 1 is 1.50 bits per heavy atom. The van der Waals surface area contributed by atoms with Gasteiger partial charge in [0.15, 0.2) is 0 Å². The lowest BCUT2D eigenvalue weighted by molar-refractivity contribution is 0.413. The Hall–Kier alpha value is -2.32. The molecule has 0 saturated heterocycles. The lowest BCUT2D eigenvalue weighted by atomic mass is 10.1. The van der Waals surface area contributed by atoms with E-state index in [1.165, 1.54) is 0 Å². The molecule has 0 atom stereocenters. The molecule has 0 radical (unpaired) electrons. The highest BCUT2D eigenvalue weighted by Gasteiger charge is 2.06. The molecule has 2 aromatic rings. The molecule has 0 aliphatic rings. The van der Waals surface area contributed by atoms with Gasteiger partial charge >= 0.3 is 0 Å². The van der Waals surface area contributed by atoms with Crippen molar-refractivity contribution in [3.63, 3.8) is 0 Å². The van der Waals surface area contributed by atoms with Gasteiger partial charge in [0.05, 0.1) is 19.2 Å². The first kappa shape index (κ1) is 12.1. The van der Waals surface area contributed by atoms with Crippen LogP contribution >= 0.6 is 0 Å². The second-order valence-electron chi connectivity index (χ2n) is 3.82. The zero-order chi connectivity index (χ0) is 13.0. The molecule has 92 valence electrons. The van der Waals surface area contributed by atoms with E-state index in [1.54, 1.807) is 19.4 Å². The largest absolute Gasteiger partial charge is 0.495 e. The standard InChI is InChI=1S/C13H14N4O/c1-18-12-6-10(2-3-11(12)7-14)9-17-5-4-16-13(17)8-15/h2-6H,8-9,15H2,1H3. The smallest absolute Gasteiger partial charge is 0.136 e. The maximum atomic E-state index is 8.92. The molecule has 2 N–H and O–H groups in total. The minimum atomic E-state index is 0.403. The molecule has 0 aliphatic carbocycles. The number of ether oxygens (including phenoxy) is 1. The lowest BCUT2D eigenvalue weighted by Crippen LogP contribution is -2.09. The second kappa shape index (κ2) is 5.34. The molecule has 0 amide bonds. The van der Waals surface area contributed by atoms with Gasteiger partial charge in [-0.05, 0) is 17.7 Å². The monoisotopic (exact) mass is 242 g/mol. The Bertz CT molecular complexity index is 583. The third kappa shape index (κ3) is 2.34. The number of rotatable bonds is 4. The highest BCUT2D eigenvalue weighted by Crippen LogP contribution is 2.20.